The maximum atomic E-state index is 13.1. The average molecular weight is 288 g/mol. The van der Waals surface area contributed by atoms with Crippen LogP contribution < -0.4 is 0 Å². The number of esters is 1. The summed E-state index contributed by atoms with van der Waals surface area (Å²) in [5.74, 6) is -0.804. The molecular formula is C13H15ClFNO3. The van der Waals surface area contributed by atoms with E-state index in [2.05, 4.69) is 9.64 Å². The maximum Gasteiger partial charge on any atom is 0.336 e. The molecule has 104 valence electrons. The minimum atomic E-state index is -0.560. The molecule has 19 heavy (non-hydrogen) atoms. The van der Waals surface area contributed by atoms with Crippen molar-refractivity contribution in [3.8, 4) is 0 Å². The summed E-state index contributed by atoms with van der Waals surface area (Å²) < 4.78 is 23.1. The van der Waals surface area contributed by atoms with Gasteiger partial charge in [0.2, 0.25) is 0 Å². The van der Waals surface area contributed by atoms with Gasteiger partial charge in [-0.15, -0.1) is 0 Å². The molecular weight excluding hydrogens is 273 g/mol. The Hall–Kier alpha value is -1.17. The Morgan fingerprint density at radius 2 is 2.42 bits per heavy atom. The molecule has 4 nitrogen and oxygen atoms in total. The van der Waals surface area contributed by atoms with Crippen LogP contribution in [0, 0.1) is 5.82 Å². The Labute approximate surface area is 116 Å². The molecule has 0 bridgehead atoms. The summed E-state index contributed by atoms with van der Waals surface area (Å²) in [5.41, 5.74) is 0.900. The van der Waals surface area contributed by atoms with Gasteiger partial charge in [0, 0.05) is 19.6 Å². The first-order valence-electron chi connectivity index (χ1n) is 5.96. The van der Waals surface area contributed by atoms with E-state index in [-0.39, 0.29) is 11.0 Å². The van der Waals surface area contributed by atoms with E-state index in [1.165, 1.54) is 13.2 Å². The monoisotopic (exact) mass is 287 g/mol. The number of ether oxygens (including phenoxy) is 2. The van der Waals surface area contributed by atoms with Gasteiger partial charge in [0.05, 0.1) is 18.7 Å². The summed E-state index contributed by atoms with van der Waals surface area (Å²) in [6.45, 7) is 2.23. The molecule has 1 saturated heterocycles. The van der Waals surface area contributed by atoms with Crippen molar-refractivity contribution in [1.82, 2.24) is 4.90 Å². The number of benzene rings is 1. The minimum Gasteiger partial charge on any atom is -0.467 e. The van der Waals surface area contributed by atoms with E-state index in [1.54, 1.807) is 12.1 Å². The first kappa shape index (κ1) is 14.2. The van der Waals surface area contributed by atoms with Crippen molar-refractivity contribution in [2.24, 2.45) is 0 Å². The van der Waals surface area contributed by atoms with Crippen LogP contribution in [0.15, 0.2) is 18.2 Å². The Morgan fingerprint density at radius 1 is 1.63 bits per heavy atom. The Kier molecular flexibility index (Phi) is 4.74. The van der Waals surface area contributed by atoms with Gasteiger partial charge in [-0.25, -0.2) is 9.18 Å². The van der Waals surface area contributed by atoms with Gasteiger partial charge in [-0.3, -0.25) is 4.90 Å². The van der Waals surface area contributed by atoms with E-state index in [0.717, 1.165) is 5.56 Å². The molecule has 0 aromatic heterocycles. The van der Waals surface area contributed by atoms with E-state index in [1.807, 2.05) is 0 Å². The van der Waals surface area contributed by atoms with Crippen LogP contribution in [0.3, 0.4) is 0 Å². The van der Waals surface area contributed by atoms with Crippen molar-refractivity contribution in [3.63, 3.8) is 0 Å². The third-order valence-corrected chi connectivity index (χ3v) is 3.29. The van der Waals surface area contributed by atoms with Crippen molar-refractivity contribution < 1.29 is 18.7 Å². The predicted molar refractivity (Wildman–Crippen MR) is 68.4 cm³/mol. The molecule has 1 aliphatic rings. The number of nitrogens with zero attached hydrogens (tertiary/aromatic N) is 1. The van der Waals surface area contributed by atoms with Crippen LogP contribution in [0.5, 0.6) is 0 Å². The van der Waals surface area contributed by atoms with Crippen molar-refractivity contribution >= 4 is 17.6 Å². The second-order valence-electron chi connectivity index (χ2n) is 4.37. The number of morpholine rings is 1. The Morgan fingerprint density at radius 3 is 3.11 bits per heavy atom. The maximum absolute atomic E-state index is 13.1. The summed E-state index contributed by atoms with van der Waals surface area (Å²) in [4.78, 5) is 13.5. The molecule has 1 heterocycles. The quantitative estimate of drug-likeness (QED) is 0.796. The lowest BCUT2D eigenvalue weighted by atomic mass is 10.2. The first-order valence-corrected chi connectivity index (χ1v) is 6.33. The molecule has 1 atom stereocenters. The van der Waals surface area contributed by atoms with Crippen LogP contribution in [0.25, 0.3) is 0 Å². The summed E-state index contributed by atoms with van der Waals surface area (Å²) >= 11 is 5.74. The van der Waals surface area contributed by atoms with Crippen molar-refractivity contribution in [1.29, 1.82) is 0 Å². The average Bonchev–Trinajstić information content (AvgIpc) is 2.42. The van der Waals surface area contributed by atoms with E-state index in [0.29, 0.717) is 26.2 Å². The summed E-state index contributed by atoms with van der Waals surface area (Å²) in [6, 6.07) is 4.62. The minimum absolute atomic E-state index is 0.107. The first-order chi connectivity index (χ1) is 9.10. The summed E-state index contributed by atoms with van der Waals surface area (Å²) in [5, 5.41) is 0.107. The van der Waals surface area contributed by atoms with Crippen molar-refractivity contribution in [2.75, 3.05) is 26.8 Å². The highest BCUT2D eigenvalue weighted by Gasteiger charge is 2.27. The third-order valence-electron chi connectivity index (χ3n) is 3.00. The van der Waals surface area contributed by atoms with Crippen LogP contribution in [0.1, 0.15) is 5.56 Å². The van der Waals surface area contributed by atoms with E-state index < -0.39 is 11.9 Å². The van der Waals surface area contributed by atoms with Crippen molar-refractivity contribution in [3.05, 3.63) is 34.6 Å². The van der Waals surface area contributed by atoms with Crippen LogP contribution in [0.2, 0.25) is 5.02 Å². The zero-order valence-corrected chi connectivity index (χ0v) is 11.3. The number of halogens is 2. The molecule has 0 aliphatic carbocycles. The van der Waals surface area contributed by atoms with Gasteiger partial charge in [0.1, 0.15) is 5.82 Å². The van der Waals surface area contributed by atoms with Gasteiger partial charge in [-0.1, -0.05) is 17.7 Å². The lowest BCUT2D eigenvalue weighted by Crippen LogP contribution is -2.46. The second kappa shape index (κ2) is 6.32. The lowest BCUT2D eigenvalue weighted by Gasteiger charge is -2.31. The van der Waals surface area contributed by atoms with Gasteiger partial charge >= 0.3 is 5.97 Å². The highest BCUT2D eigenvalue weighted by Crippen LogP contribution is 2.18. The SMILES string of the molecule is COC(=O)C1CN(Cc2ccc(F)c(Cl)c2)CCO1. The smallest absolute Gasteiger partial charge is 0.336 e. The highest BCUT2D eigenvalue weighted by atomic mass is 35.5. The predicted octanol–water partition coefficient (Wildman–Crippen LogP) is 1.85. The van der Waals surface area contributed by atoms with Gasteiger partial charge in [-0.2, -0.15) is 0 Å². The number of carbonyl (C=O) groups is 1. The molecule has 0 radical (unpaired) electrons. The fraction of sp³-hybridized carbons (Fsp3) is 0.462. The van der Waals surface area contributed by atoms with Gasteiger partial charge < -0.3 is 9.47 Å². The number of methoxy groups -OCH3 is 1. The van der Waals surface area contributed by atoms with Crippen molar-refractivity contribution in [2.45, 2.75) is 12.6 Å². The molecule has 1 aromatic rings. The third kappa shape index (κ3) is 3.65. The number of hydrogen-bond donors (Lipinski definition) is 0. The molecule has 1 fully saturated rings. The van der Waals surface area contributed by atoms with Crippen LogP contribution in [0.4, 0.5) is 4.39 Å². The van der Waals surface area contributed by atoms with Crippen LogP contribution >= 0.6 is 11.6 Å². The fourth-order valence-electron chi connectivity index (χ4n) is 2.02. The molecule has 0 saturated carbocycles. The zero-order chi connectivity index (χ0) is 13.8. The van der Waals surface area contributed by atoms with Gasteiger partial charge in [0.15, 0.2) is 6.10 Å². The molecule has 0 N–H and O–H groups in total. The standard InChI is InChI=1S/C13H15ClFNO3/c1-18-13(17)12-8-16(4-5-19-12)7-9-2-3-11(15)10(14)6-9/h2-3,6,12H,4-5,7-8H2,1H3. The van der Waals surface area contributed by atoms with E-state index in [9.17, 15) is 9.18 Å². The second-order valence-corrected chi connectivity index (χ2v) is 4.77. The molecule has 6 heteroatoms. The summed E-state index contributed by atoms with van der Waals surface area (Å²) in [7, 11) is 1.34. The fourth-order valence-corrected chi connectivity index (χ4v) is 2.22. The normalized spacial score (nSPS) is 20.3. The largest absolute Gasteiger partial charge is 0.467 e. The Balaban J connectivity index is 1.98. The number of hydrogen-bond acceptors (Lipinski definition) is 4. The van der Waals surface area contributed by atoms with Gasteiger partial charge in [0.25, 0.3) is 0 Å². The molecule has 1 aliphatic heterocycles. The van der Waals surface area contributed by atoms with Crippen LogP contribution in [-0.2, 0) is 20.8 Å². The van der Waals surface area contributed by atoms with Crippen LogP contribution in [-0.4, -0.2) is 43.8 Å². The van der Waals surface area contributed by atoms with E-state index >= 15 is 0 Å². The molecule has 1 aromatic carbocycles. The van der Waals surface area contributed by atoms with E-state index in [4.69, 9.17) is 16.3 Å². The molecule has 1 unspecified atom stereocenters. The highest BCUT2D eigenvalue weighted by molar-refractivity contribution is 6.30. The Bertz CT molecular complexity index is 469. The van der Waals surface area contributed by atoms with Gasteiger partial charge in [-0.05, 0) is 17.7 Å². The lowest BCUT2D eigenvalue weighted by molar-refractivity contribution is -0.160. The topological polar surface area (TPSA) is 38.8 Å². The summed E-state index contributed by atoms with van der Waals surface area (Å²) in [6.07, 6.45) is -0.560. The zero-order valence-electron chi connectivity index (χ0n) is 10.6. The molecule has 0 amide bonds. The number of carbonyl (C=O) groups excluding carboxylic acids is 1. The molecule has 2 rings (SSSR count). The number of rotatable bonds is 3. The molecule has 0 spiro atoms.